The normalized spacial score (nSPS) is 15.9. The number of tetrazole rings is 1. The zero-order valence-electron chi connectivity index (χ0n) is 17.8. The average Bonchev–Trinajstić information content (AvgIpc) is 3.27. The number of ether oxygens (including phenoxy) is 1. The molecule has 0 aliphatic carbocycles. The van der Waals surface area contributed by atoms with Gasteiger partial charge in [-0.3, -0.25) is 4.90 Å². The van der Waals surface area contributed by atoms with Gasteiger partial charge in [0.15, 0.2) is 5.82 Å². The Balaban J connectivity index is 1.57. The molecular weight excluding hydrogens is 376 g/mol. The number of piperazine rings is 1. The maximum atomic E-state index is 5.57. The molecule has 0 bridgehead atoms. The molecule has 0 saturated carbocycles. The molecule has 1 fully saturated rings. The van der Waals surface area contributed by atoms with Crippen molar-refractivity contribution in [1.82, 2.24) is 25.1 Å². The van der Waals surface area contributed by atoms with Gasteiger partial charge in [-0.1, -0.05) is 55.8 Å². The number of para-hydroxylation sites is 2. The number of unbranched alkanes of at least 4 members (excludes halogenated alkanes) is 1. The van der Waals surface area contributed by atoms with E-state index in [0.29, 0.717) is 0 Å². The van der Waals surface area contributed by atoms with Gasteiger partial charge in [0.2, 0.25) is 0 Å². The molecule has 2 aromatic carbocycles. The number of hydrogen-bond acceptors (Lipinski definition) is 6. The van der Waals surface area contributed by atoms with Gasteiger partial charge in [-0.2, -0.15) is 0 Å². The molecule has 1 aromatic heterocycles. The third kappa shape index (κ3) is 4.31. The fraction of sp³-hybridized carbons (Fsp3) is 0.435. The highest BCUT2D eigenvalue weighted by atomic mass is 16.5. The molecule has 7 nitrogen and oxygen atoms in total. The summed E-state index contributed by atoms with van der Waals surface area (Å²) in [6.45, 7) is 6.76. The Bertz CT molecular complexity index is 920. The second kappa shape index (κ2) is 9.71. The van der Waals surface area contributed by atoms with E-state index >= 15 is 0 Å². The molecule has 1 aliphatic heterocycles. The van der Waals surface area contributed by atoms with Crippen molar-refractivity contribution in [2.45, 2.75) is 32.4 Å². The van der Waals surface area contributed by atoms with Crippen LogP contribution in [0, 0.1) is 0 Å². The van der Waals surface area contributed by atoms with Crippen LogP contribution < -0.4 is 9.64 Å². The van der Waals surface area contributed by atoms with Gasteiger partial charge in [0.05, 0.1) is 18.8 Å². The second-order valence-corrected chi connectivity index (χ2v) is 7.62. The number of methoxy groups -OCH3 is 1. The molecule has 158 valence electrons. The number of benzene rings is 2. The molecule has 1 unspecified atom stereocenters. The SMILES string of the molecule is CCCCn1nnnc1C(c1ccccc1)N1CCN(c2ccccc2OC)CC1. The molecule has 2 heterocycles. The van der Waals surface area contributed by atoms with Gasteiger partial charge in [0.1, 0.15) is 5.75 Å². The van der Waals surface area contributed by atoms with Crippen LogP contribution in [0.3, 0.4) is 0 Å². The summed E-state index contributed by atoms with van der Waals surface area (Å²) in [5, 5.41) is 12.7. The number of aryl methyl sites for hydroxylation is 1. The third-order valence-corrected chi connectivity index (χ3v) is 5.75. The highest BCUT2D eigenvalue weighted by Crippen LogP contribution is 2.32. The summed E-state index contributed by atoms with van der Waals surface area (Å²) in [5.41, 5.74) is 2.39. The Morgan fingerprint density at radius 3 is 2.43 bits per heavy atom. The van der Waals surface area contributed by atoms with Crippen molar-refractivity contribution < 1.29 is 4.74 Å². The van der Waals surface area contributed by atoms with E-state index in [2.05, 4.69) is 74.7 Å². The maximum absolute atomic E-state index is 5.57. The first-order valence-corrected chi connectivity index (χ1v) is 10.7. The molecule has 7 heteroatoms. The van der Waals surface area contributed by atoms with Crippen LogP contribution in [0.4, 0.5) is 5.69 Å². The smallest absolute Gasteiger partial charge is 0.173 e. The van der Waals surface area contributed by atoms with Crippen LogP contribution in [0.25, 0.3) is 0 Å². The Morgan fingerprint density at radius 1 is 0.967 bits per heavy atom. The first-order valence-electron chi connectivity index (χ1n) is 10.7. The molecule has 3 aromatic rings. The number of anilines is 1. The predicted molar refractivity (Wildman–Crippen MR) is 118 cm³/mol. The van der Waals surface area contributed by atoms with E-state index in [0.717, 1.165) is 62.8 Å². The number of hydrogen-bond donors (Lipinski definition) is 0. The minimum atomic E-state index is 0.0536. The van der Waals surface area contributed by atoms with Gasteiger partial charge in [-0.15, -0.1) is 5.10 Å². The topological polar surface area (TPSA) is 59.3 Å². The molecule has 30 heavy (non-hydrogen) atoms. The van der Waals surface area contributed by atoms with Crippen molar-refractivity contribution in [3.05, 3.63) is 66.0 Å². The zero-order valence-corrected chi connectivity index (χ0v) is 17.8. The van der Waals surface area contributed by atoms with E-state index in [-0.39, 0.29) is 6.04 Å². The lowest BCUT2D eigenvalue weighted by atomic mass is 10.0. The summed E-state index contributed by atoms with van der Waals surface area (Å²) in [4.78, 5) is 4.90. The van der Waals surface area contributed by atoms with Crippen LogP contribution in [0.2, 0.25) is 0 Å². The summed E-state index contributed by atoms with van der Waals surface area (Å²) in [6.07, 6.45) is 2.19. The van der Waals surface area contributed by atoms with Crippen molar-refractivity contribution in [2.24, 2.45) is 0 Å². The van der Waals surface area contributed by atoms with E-state index in [1.165, 1.54) is 5.56 Å². The predicted octanol–water partition coefficient (Wildman–Crippen LogP) is 3.39. The van der Waals surface area contributed by atoms with E-state index in [9.17, 15) is 0 Å². The Hall–Kier alpha value is -2.93. The van der Waals surface area contributed by atoms with Gasteiger partial charge in [0.25, 0.3) is 0 Å². The van der Waals surface area contributed by atoms with Gasteiger partial charge < -0.3 is 9.64 Å². The average molecular weight is 407 g/mol. The van der Waals surface area contributed by atoms with Crippen molar-refractivity contribution >= 4 is 5.69 Å². The number of nitrogens with zero attached hydrogens (tertiary/aromatic N) is 6. The number of rotatable bonds is 8. The van der Waals surface area contributed by atoms with E-state index in [1.807, 2.05) is 16.8 Å². The lowest BCUT2D eigenvalue weighted by molar-refractivity contribution is 0.200. The first-order chi connectivity index (χ1) is 14.8. The first kappa shape index (κ1) is 20.3. The molecule has 1 aliphatic rings. The largest absolute Gasteiger partial charge is 0.495 e. The minimum Gasteiger partial charge on any atom is -0.495 e. The molecule has 4 rings (SSSR count). The standard InChI is InChI=1S/C23H30N6O/c1-3-4-14-29-23(24-25-26-29)22(19-10-6-5-7-11-19)28-17-15-27(16-18-28)20-12-8-9-13-21(20)30-2/h5-13,22H,3-4,14-18H2,1-2H3. The van der Waals surface area contributed by atoms with Crippen LogP contribution in [0.5, 0.6) is 5.75 Å². The summed E-state index contributed by atoms with van der Waals surface area (Å²) in [5.74, 6) is 1.86. The molecule has 0 radical (unpaired) electrons. The minimum absolute atomic E-state index is 0.0536. The highest BCUT2D eigenvalue weighted by Gasteiger charge is 2.31. The lowest BCUT2D eigenvalue weighted by Gasteiger charge is -2.40. The molecule has 1 atom stereocenters. The third-order valence-electron chi connectivity index (χ3n) is 5.75. The van der Waals surface area contributed by atoms with Crippen LogP contribution >= 0.6 is 0 Å². The van der Waals surface area contributed by atoms with Crippen LogP contribution in [-0.2, 0) is 6.54 Å². The maximum Gasteiger partial charge on any atom is 0.173 e. The number of aromatic nitrogens is 4. The summed E-state index contributed by atoms with van der Waals surface area (Å²) in [6, 6.07) is 18.9. The van der Waals surface area contributed by atoms with Gasteiger partial charge in [0, 0.05) is 32.7 Å². The fourth-order valence-electron chi connectivity index (χ4n) is 4.15. The van der Waals surface area contributed by atoms with Crippen molar-refractivity contribution in [3.63, 3.8) is 0 Å². The van der Waals surface area contributed by atoms with Crippen LogP contribution in [-0.4, -0.2) is 58.4 Å². The van der Waals surface area contributed by atoms with Crippen molar-refractivity contribution in [2.75, 3.05) is 38.2 Å². The van der Waals surface area contributed by atoms with E-state index in [1.54, 1.807) is 7.11 Å². The molecular formula is C23H30N6O. The molecule has 1 saturated heterocycles. The summed E-state index contributed by atoms with van der Waals surface area (Å²) >= 11 is 0. The summed E-state index contributed by atoms with van der Waals surface area (Å²) in [7, 11) is 1.73. The van der Waals surface area contributed by atoms with Crippen molar-refractivity contribution in [3.8, 4) is 5.75 Å². The molecule has 0 amide bonds. The molecule has 0 spiro atoms. The van der Waals surface area contributed by atoms with Gasteiger partial charge in [-0.25, -0.2) is 4.68 Å². The Morgan fingerprint density at radius 2 is 1.70 bits per heavy atom. The Labute approximate surface area is 178 Å². The van der Waals surface area contributed by atoms with E-state index < -0.39 is 0 Å². The zero-order chi connectivity index (χ0) is 20.8. The fourth-order valence-corrected chi connectivity index (χ4v) is 4.15. The monoisotopic (exact) mass is 406 g/mol. The van der Waals surface area contributed by atoms with E-state index in [4.69, 9.17) is 4.74 Å². The van der Waals surface area contributed by atoms with Crippen molar-refractivity contribution in [1.29, 1.82) is 0 Å². The van der Waals surface area contributed by atoms with Crippen LogP contribution in [0.15, 0.2) is 54.6 Å². The summed E-state index contributed by atoms with van der Waals surface area (Å²) < 4.78 is 7.55. The highest BCUT2D eigenvalue weighted by molar-refractivity contribution is 5.58. The lowest BCUT2D eigenvalue weighted by Crippen LogP contribution is -2.48. The van der Waals surface area contributed by atoms with Gasteiger partial charge >= 0.3 is 0 Å². The van der Waals surface area contributed by atoms with Gasteiger partial charge in [-0.05, 0) is 34.5 Å². The Kier molecular flexibility index (Phi) is 6.59. The second-order valence-electron chi connectivity index (χ2n) is 7.62. The molecule has 0 N–H and O–H groups in total. The van der Waals surface area contributed by atoms with Crippen LogP contribution in [0.1, 0.15) is 37.2 Å². The quantitative estimate of drug-likeness (QED) is 0.572.